The lowest BCUT2D eigenvalue weighted by atomic mass is 9.98. The molecule has 0 saturated carbocycles. The third-order valence-electron chi connectivity index (χ3n) is 2.86. The molecule has 1 saturated heterocycles. The summed E-state index contributed by atoms with van der Waals surface area (Å²) in [6.07, 6.45) is -3.58. The lowest BCUT2D eigenvalue weighted by Gasteiger charge is -2.37. The van der Waals surface area contributed by atoms with Gasteiger partial charge >= 0.3 is 0 Å². The molecule has 0 aromatic heterocycles. The van der Waals surface area contributed by atoms with Crippen LogP contribution in [0, 0.1) is 6.61 Å². The molecule has 2 amide bonds. The molecule has 1 aliphatic rings. The molecule has 5 atom stereocenters. The van der Waals surface area contributed by atoms with Gasteiger partial charge in [-0.15, -0.1) is 0 Å². The van der Waals surface area contributed by atoms with Gasteiger partial charge in [0.15, 0.2) is 0 Å². The first-order valence-corrected chi connectivity index (χ1v) is 6.68. The van der Waals surface area contributed by atoms with E-state index in [-0.39, 0.29) is 11.7 Å². The van der Waals surface area contributed by atoms with Crippen molar-refractivity contribution in [3.8, 4) is 0 Å². The van der Waals surface area contributed by atoms with Crippen LogP contribution in [0.4, 0.5) is 0 Å². The molecule has 115 valence electrons. The second kappa shape index (κ2) is 7.79. The molecule has 0 aromatic carbocycles. The molecule has 1 heterocycles. The number of aliphatic hydroxyl groups is 3. The van der Waals surface area contributed by atoms with Gasteiger partial charge in [0, 0.05) is 12.7 Å². The van der Waals surface area contributed by atoms with Gasteiger partial charge in [-0.3, -0.25) is 9.59 Å². The molecule has 1 rings (SSSR count). The van der Waals surface area contributed by atoms with Gasteiger partial charge in [0.05, 0.1) is 12.6 Å². The average molecular weight is 307 g/mol. The number of thiol groups is 1. The van der Waals surface area contributed by atoms with Crippen molar-refractivity contribution in [3.63, 3.8) is 0 Å². The summed E-state index contributed by atoms with van der Waals surface area (Å²) in [4.78, 5) is 22.8. The minimum atomic E-state index is -1.33. The Morgan fingerprint density at radius 1 is 1.40 bits per heavy atom. The second-order valence-electron chi connectivity index (χ2n) is 4.44. The van der Waals surface area contributed by atoms with E-state index >= 15 is 0 Å². The van der Waals surface area contributed by atoms with Gasteiger partial charge in [0.1, 0.15) is 31.0 Å². The summed E-state index contributed by atoms with van der Waals surface area (Å²) < 4.78 is 5.01. The van der Waals surface area contributed by atoms with Crippen LogP contribution < -0.4 is 10.6 Å². The predicted molar refractivity (Wildman–Crippen MR) is 71.7 cm³/mol. The quantitative estimate of drug-likeness (QED) is 0.304. The summed E-state index contributed by atoms with van der Waals surface area (Å²) in [5.74, 6) is -0.866. The minimum absolute atomic E-state index is 0.0803. The summed E-state index contributed by atoms with van der Waals surface area (Å²) >= 11 is 3.96. The largest absolute Gasteiger partial charge is 0.394 e. The molecule has 1 radical (unpaired) electrons. The second-order valence-corrected chi connectivity index (χ2v) is 4.81. The first-order valence-electron chi connectivity index (χ1n) is 6.04. The Hall–Kier alpha value is -0.870. The zero-order valence-corrected chi connectivity index (χ0v) is 11.8. The molecular formula is C11H19N2O6S. The van der Waals surface area contributed by atoms with E-state index in [9.17, 15) is 19.8 Å². The first kappa shape index (κ1) is 17.2. The van der Waals surface area contributed by atoms with Crippen LogP contribution in [0.5, 0.6) is 0 Å². The number of hydrogen-bond acceptors (Lipinski definition) is 7. The normalized spacial score (nSPS) is 31.4. The highest BCUT2D eigenvalue weighted by atomic mass is 32.1. The van der Waals surface area contributed by atoms with Crippen molar-refractivity contribution in [2.45, 2.75) is 37.3 Å². The highest BCUT2D eigenvalue weighted by Gasteiger charge is 2.39. The maximum atomic E-state index is 11.9. The Bertz CT molecular complexity index is 356. The third kappa shape index (κ3) is 4.32. The lowest BCUT2D eigenvalue weighted by molar-refractivity contribution is -0.146. The van der Waals surface area contributed by atoms with Crippen molar-refractivity contribution in [1.29, 1.82) is 0 Å². The number of nitrogens with one attached hydrogen (secondary N) is 2. The van der Waals surface area contributed by atoms with Crippen LogP contribution in [0.25, 0.3) is 0 Å². The molecule has 20 heavy (non-hydrogen) atoms. The van der Waals surface area contributed by atoms with Crippen LogP contribution in [0.15, 0.2) is 0 Å². The van der Waals surface area contributed by atoms with Crippen LogP contribution in [0.1, 0.15) is 6.92 Å². The fourth-order valence-corrected chi connectivity index (χ4v) is 2.01. The number of carbonyl (C=O) groups is 2. The number of aliphatic hydroxyl groups excluding tert-OH is 3. The monoisotopic (exact) mass is 307 g/mol. The molecule has 0 spiro atoms. The maximum absolute atomic E-state index is 11.9. The summed E-state index contributed by atoms with van der Waals surface area (Å²) in [7, 11) is 0. The summed E-state index contributed by atoms with van der Waals surface area (Å²) in [6.45, 7) is 1.95. The number of hydrogen-bond donors (Lipinski definition) is 6. The number of rotatable bonds is 5. The third-order valence-corrected chi connectivity index (χ3v) is 3.23. The summed E-state index contributed by atoms with van der Waals surface area (Å²) in [6, 6.07) is -1.81. The van der Waals surface area contributed by atoms with E-state index in [1.165, 1.54) is 6.92 Å². The van der Waals surface area contributed by atoms with Crippen LogP contribution in [0.3, 0.4) is 0 Å². The predicted octanol–water partition coefficient (Wildman–Crippen LogP) is -2.82. The zero-order valence-electron chi connectivity index (χ0n) is 10.9. The van der Waals surface area contributed by atoms with Crippen LogP contribution >= 0.6 is 12.6 Å². The van der Waals surface area contributed by atoms with Crippen molar-refractivity contribution in [1.82, 2.24) is 10.6 Å². The number of amides is 2. The van der Waals surface area contributed by atoms with Gasteiger partial charge in [0.2, 0.25) is 11.8 Å². The Balaban J connectivity index is 2.59. The number of carbonyl (C=O) groups excluding carboxylic acids is 2. The topological polar surface area (TPSA) is 128 Å². The molecule has 0 bridgehead atoms. The highest BCUT2D eigenvalue weighted by molar-refractivity contribution is 7.80. The van der Waals surface area contributed by atoms with E-state index in [4.69, 9.17) is 9.84 Å². The molecular weight excluding hydrogens is 288 g/mol. The summed E-state index contributed by atoms with van der Waals surface area (Å²) in [5, 5.41) is 33.2. The van der Waals surface area contributed by atoms with Crippen molar-refractivity contribution in [3.05, 3.63) is 6.61 Å². The van der Waals surface area contributed by atoms with E-state index in [0.717, 1.165) is 6.61 Å². The van der Waals surface area contributed by atoms with Crippen molar-refractivity contribution >= 4 is 24.4 Å². The van der Waals surface area contributed by atoms with Gasteiger partial charge in [-0.1, -0.05) is 0 Å². The van der Waals surface area contributed by atoms with E-state index in [0.29, 0.717) is 0 Å². The fourth-order valence-electron chi connectivity index (χ4n) is 1.75. The standard InChI is InChI=1S/C11H19N2O6S/c1-5(15)12-7(4-20)11(18)13-6-3-19-8(2-14)10(17)9(6)16/h3,6-10,14,16-17,20H,2,4H2,1H3,(H,12,15)(H,13,18)/t6-,7-,8+,9+,10+/m0/s1. The van der Waals surface area contributed by atoms with Gasteiger partial charge < -0.3 is 30.7 Å². The van der Waals surface area contributed by atoms with Crippen molar-refractivity contribution in [2.75, 3.05) is 12.4 Å². The Morgan fingerprint density at radius 3 is 2.55 bits per heavy atom. The van der Waals surface area contributed by atoms with Crippen LogP contribution in [-0.4, -0.2) is 69.9 Å². The van der Waals surface area contributed by atoms with Gasteiger partial charge in [-0.25, -0.2) is 0 Å². The van der Waals surface area contributed by atoms with Gasteiger partial charge in [0.25, 0.3) is 0 Å². The molecule has 9 heteroatoms. The molecule has 0 unspecified atom stereocenters. The van der Waals surface area contributed by atoms with Crippen molar-refractivity contribution in [2.24, 2.45) is 0 Å². The van der Waals surface area contributed by atoms with Crippen LogP contribution in [-0.2, 0) is 14.3 Å². The molecule has 1 aliphatic heterocycles. The number of ether oxygens (including phenoxy) is 1. The Labute approximate surface area is 121 Å². The molecule has 0 aliphatic carbocycles. The van der Waals surface area contributed by atoms with E-state index in [1.807, 2.05) is 0 Å². The van der Waals surface area contributed by atoms with Crippen LogP contribution in [0.2, 0.25) is 0 Å². The Kier molecular flexibility index (Phi) is 6.69. The minimum Gasteiger partial charge on any atom is -0.394 e. The van der Waals surface area contributed by atoms with E-state index in [1.54, 1.807) is 0 Å². The van der Waals surface area contributed by atoms with Gasteiger partial charge in [-0.05, 0) is 0 Å². The molecule has 0 aromatic rings. The Morgan fingerprint density at radius 2 is 2.05 bits per heavy atom. The average Bonchev–Trinajstić information content (AvgIpc) is 2.41. The molecule has 8 nitrogen and oxygen atoms in total. The zero-order chi connectivity index (χ0) is 15.3. The van der Waals surface area contributed by atoms with Gasteiger partial charge in [-0.2, -0.15) is 12.6 Å². The SMILES string of the molecule is CC(=O)N[C@@H](CS)C(=O)N[C@H]1[CH]O[C@H](CO)[C@@H](O)[C@@H]1O. The lowest BCUT2D eigenvalue weighted by Crippen LogP contribution is -2.60. The van der Waals surface area contributed by atoms with E-state index in [2.05, 4.69) is 23.3 Å². The van der Waals surface area contributed by atoms with Crippen molar-refractivity contribution < 1.29 is 29.6 Å². The maximum Gasteiger partial charge on any atom is 0.243 e. The molecule has 1 fully saturated rings. The first-order chi connectivity index (χ1) is 9.40. The summed E-state index contributed by atoms with van der Waals surface area (Å²) in [5.41, 5.74) is 0. The molecule has 5 N–H and O–H groups in total. The highest BCUT2D eigenvalue weighted by Crippen LogP contribution is 2.18. The fraction of sp³-hybridized carbons (Fsp3) is 0.727. The smallest absolute Gasteiger partial charge is 0.243 e. The van der Waals surface area contributed by atoms with E-state index < -0.39 is 42.9 Å².